The standard InChI is InChI=1S/C51H32N4/c1-3-13-33(14-4-1)34-23-25-35(26-24-34)49-41-19-8-11-21-46(41)53-51(54-49)37-29-27-36(28-30-37)50-44-32-48-43(31-42(44)39-17-7-10-20-45(39)52-50)40-18-9-12-22-47(40)55(48)38-15-5-2-6-16-38/h1-32H. The molecule has 0 fully saturated rings. The Balaban J connectivity index is 1.06. The van der Waals surface area contributed by atoms with Crippen LogP contribution in [0.1, 0.15) is 0 Å². The van der Waals surface area contributed by atoms with Crippen molar-refractivity contribution >= 4 is 54.4 Å². The van der Waals surface area contributed by atoms with Crippen molar-refractivity contribution in [2.75, 3.05) is 0 Å². The van der Waals surface area contributed by atoms with Gasteiger partial charge in [0.25, 0.3) is 0 Å². The van der Waals surface area contributed by atoms with E-state index in [1.54, 1.807) is 0 Å². The van der Waals surface area contributed by atoms with Crippen molar-refractivity contribution in [1.29, 1.82) is 0 Å². The number of nitrogens with zero attached hydrogens (tertiary/aromatic N) is 4. The van der Waals surface area contributed by atoms with E-state index in [-0.39, 0.29) is 0 Å². The number of rotatable bonds is 5. The van der Waals surface area contributed by atoms with Crippen LogP contribution in [-0.2, 0) is 0 Å². The molecule has 0 bridgehead atoms. The van der Waals surface area contributed by atoms with E-state index in [2.05, 4.69) is 187 Å². The molecular formula is C51H32N4. The van der Waals surface area contributed by atoms with Gasteiger partial charge in [0.1, 0.15) is 0 Å². The summed E-state index contributed by atoms with van der Waals surface area (Å²) >= 11 is 0. The molecule has 0 amide bonds. The lowest BCUT2D eigenvalue weighted by Crippen LogP contribution is -1.96. The molecule has 3 aromatic heterocycles. The van der Waals surface area contributed by atoms with Crippen molar-refractivity contribution in [3.8, 4) is 50.7 Å². The molecule has 256 valence electrons. The summed E-state index contributed by atoms with van der Waals surface area (Å²) in [5.74, 6) is 0.692. The molecule has 55 heavy (non-hydrogen) atoms. The van der Waals surface area contributed by atoms with E-state index in [1.807, 2.05) is 12.1 Å². The maximum absolute atomic E-state index is 5.32. The lowest BCUT2D eigenvalue weighted by molar-refractivity contribution is 1.18. The normalized spacial score (nSPS) is 11.6. The van der Waals surface area contributed by atoms with Gasteiger partial charge < -0.3 is 4.57 Å². The molecule has 4 heteroatoms. The highest BCUT2D eigenvalue weighted by Crippen LogP contribution is 2.40. The number of aromatic nitrogens is 4. The first-order chi connectivity index (χ1) is 27.3. The van der Waals surface area contributed by atoms with E-state index in [9.17, 15) is 0 Å². The molecule has 0 aliphatic carbocycles. The molecule has 0 saturated carbocycles. The molecule has 11 aromatic rings. The first-order valence-electron chi connectivity index (χ1n) is 18.6. The molecule has 11 rings (SSSR count). The van der Waals surface area contributed by atoms with Gasteiger partial charge in [0.2, 0.25) is 0 Å². The van der Waals surface area contributed by atoms with E-state index in [0.717, 1.165) is 66.5 Å². The monoisotopic (exact) mass is 700 g/mol. The molecule has 0 radical (unpaired) electrons. The van der Waals surface area contributed by atoms with Crippen LogP contribution < -0.4 is 0 Å². The first-order valence-corrected chi connectivity index (χ1v) is 18.6. The van der Waals surface area contributed by atoms with Gasteiger partial charge in [-0.15, -0.1) is 0 Å². The maximum Gasteiger partial charge on any atom is 0.160 e. The second-order valence-electron chi connectivity index (χ2n) is 14.0. The zero-order chi connectivity index (χ0) is 36.3. The first kappa shape index (κ1) is 31.1. The summed E-state index contributed by atoms with van der Waals surface area (Å²) in [6, 6.07) is 68.4. The molecule has 0 aliphatic heterocycles. The highest BCUT2D eigenvalue weighted by Gasteiger charge is 2.18. The summed E-state index contributed by atoms with van der Waals surface area (Å²) < 4.78 is 2.37. The summed E-state index contributed by atoms with van der Waals surface area (Å²) in [7, 11) is 0. The molecule has 0 atom stereocenters. The number of para-hydroxylation sites is 4. The number of benzene rings is 8. The zero-order valence-corrected chi connectivity index (χ0v) is 29.8. The fraction of sp³-hybridized carbons (Fsp3) is 0. The van der Waals surface area contributed by atoms with Gasteiger partial charge in [-0.25, -0.2) is 15.0 Å². The fourth-order valence-corrected chi connectivity index (χ4v) is 8.14. The Bertz CT molecular complexity index is 3220. The maximum atomic E-state index is 5.32. The van der Waals surface area contributed by atoms with Crippen LogP contribution in [0.4, 0.5) is 0 Å². The molecule has 3 heterocycles. The van der Waals surface area contributed by atoms with Gasteiger partial charge in [-0.2, -0.15) is 0 Å². The topological polar surface area (TPSA) is 43.6 Å². The summed E-state index contributed by atoms with van der Waals surface area (Å²) in [6.07, 6.45) is 0. The molecule has 0 spiro atoms. The minimum absolute atomic E-state index is 0.692. The Morgan fingerprint density at radius 1 is 0.291 bits per heavy atom. The lowest BCUT2D eigenvalue weighted by Gasteiger charge is -2.13. The van der Waals surface area contributed by atoms with Gasteiger partial charge in [-0.1, -0.05) is 152 Å². The van der Waals surface area contributed by atoms with E-state index in [4.69, 9.17) is 15.0 Å². The van der Waals surface area contributed by atoms with Crippen molar-refractivity contribution < 1.29 is 0 Å². The third kappa shape index (κ3) is 5.19. The summed E-state index contributed by atoms with van der Waals surface area (Å²) in [5, 5.41) is 6.93. The number of fused-ring (bicyclic) bond motifs is 7. The SMILES string of the molecule is c1ccc(-c2ccc(-c3nc(-c4ccc(-c5nc6ccccc6c6cc7c8ccccc8n(-c8ccccc8)c7cc56)cc4)nc4ccccc34)cc2)cc1. The van der Waals surface area contributed by atoms with E-state index in [0.29, 0.717) is 5.82 Å². The minimum atomic E-state index is 0.692. The van der Waals surface area contributed by atoms with Crippen LogP contribution in [0, 0.1) is 0 Å². The van der Waals surface area contributed by atoms with Crippen LogP contribution in [0.3, 0.4) is 0 Å². The van der Waals surface area contributed by atoms with Crippen LogP contribution in [-0.4, -0.2) is 19.5 Å². The molecule has 4 nitrogen and oxygen atoms in total. The van der Waals surface area contributed by atoms with Gasteiger partial charge in [-0.05, 0) is 59.0 Å². The molecular weight excluding hydrogens is 669 g/mol. The summed E-state index contributed by atoms with van der Waals surface area (Å²) in [6.45, 7) is 0. The van der Waals surface area contributed by atoms with Crippen molar-refractivity contribution in [1.82, 2.24) is 19.5 Å². The van der Waals surface area contributed by atoms with Gasteiger partial charge >= 0.3 is 0 Å². The van der Waals surface area contributed by atoms with E-state index >= 15 is 0 Å². The Hall–Kier alpha value is -7.43. The highest BCUT2D eigenvalue weighted by molar-refractivity contribution is 6.20. The predicted molar refractivity (Wildman–Crippen MR) is 228 cm³/mol. The third-order valence-electron chi connectivity index (χ3n) is 10.8. The molecule has 0 saturated heterocycles. The lowest BCUT2D eigenvalue weighted by atomic mass is 9.97. The molecule has 0 N–H and O–H groups in total. The average Bonchev–Trinajstić information content (AvgIpc) is 3.59. The summed E-state index contributed by atoms with van der Waals surface area (Å²) in [5.41, 5.74) is 12.7. The van der Waals surface area contributed by atoms with Gasteiger partial charge in [0.15, 0.2) is 5.82 Å². The molecule has 0 unspecified atom stereocenters. The van der Waals surface area contributed by atoms with Crippen molar-refractivity contribution in [2.45, 2.75) is 0 Å². The minimum Gasteiger partial charge on any atom is -0.309 e. The van der Waals surface area contributed by atoms with Crippen molar-refractivity contribution in [3.63, 3.8) is 0 Å². The van der Waals surface area contributed by atoms with Gasteiger partial charge in [0.05, 0.1) is 33.5 Å². The van der Waals surface area contributed by atoms with Crippen molar-refractivity contribution in [2.24, 2.45) is 0 Å². The summed E-state index contributed by atoms with van der Waals surface area (Å²) in [4.78, 5) is 15.6. The van der Waals surface area contributed by atoms with Gasteiger partial charge in [-0.3, -0.25) is 0 Å². The van der Waals surface area contributed by atoms with Gasteiger partial charge in [0, 0.05) is 49.3 Å². The molecule has 0 aliphatic rings. The zero-order valence-electron chi connectivity index (χ0n) is 29.8. The van der Waals surface area contributed by atoms with Crippen LogP contribution in [0.2, 0.25) is 0 Å². The van der Waals surface area contributed by atoms with E-state index in [1.165, 1.54) is 32.8 Å². The number of hydrogen-bond acceptors (Lipinski definition) is 3. The second kappa shape index (κ2) is 12.6. The Kier molecular flexibility index (Phi) is 7.14. The fourth-order valence-electron chi connectivity index (χ4n) is 8.14. The third-order valence-corrected chi connectivity index (χ3v) is 10.8. The van der Waals surface area contributed by atoms with Crippen molar-refractivity contribution in [3.05, 3.63) is 194 Å². The smallest absolute Gasteiger partial charge is 0.160 e. The molecule has 8 aromatic carbocycles. The largest absolute Gasteiger partial charge is 0.309 e. The van der Waals surface area contributed by atoms with Crippen LogP contribution >= 0.6 is 0 Å². The quantitative estimate of drug-likeness (QED) is 0.168. The van der Waals surface area contributed by atoms with Crippen LogP contribution in [0.5, 0.6) is 0 Å². The van der Waals surface area contributed by atoms with Crippen LogP contribution in [0.15, 0.2) is 194 Å². The number of hydrogen-bond donors (Lipinski definition) is 0. The predicted octanol–water partition coefficient (Wildman–Crippen LogP) is 13.1. The average molecular weight is 701 g/mol. The van der Waals surface area contributed by atoms with E-state index < -0.39 is 0 Å². The Labute approximate surface area is 317 Å². The number of pyridine rings is 1. The Morgan fingerprint density at radius 3 is 1.55 bits per heavy atom. The van der Waals surface area contributed by atoms with Crippen LogP contribution in [0.25, 0.3) is 105 Å². The highest BCUT2D eigenvalue weighted by atomic mass is 15.0. The second-order valence-corrected chi connectivity index (χ2v) is 14.0. The Morgan fingerprint density at radius 2 is 0.818 bits per heavy atom.